The summed E-state index contributed by atoms with van der Waals surface area (Å²) in [4.78, 5) is 24.8. The zero-order chi connectivity index (χ0) is 21.9. The molecule has 0 aliphatic carbocycles. The van der Waals surface area contributed by atoms with E-state index in [1.54, 1.807) is 54.6 Å². The van der Waals surface area contributed by atoms with Crippen LogP contribution in [0.1, 0.15) is 30.1 Å². The lowest BCUT2D eigenvalue weighted by atomic mass is 10.2. The maximum atomic E-state index is 12.6. The Kier molecular flexibility index (Phi) is 8.05. The van der Waals surface area contributed by atoms with E-state index in [1.807, 2.05) is 24.3 Å². The van der Waals surface area contributed by atoms with E-state index in [9.17, 15) is 9.59 Å². The number of para-hydroxylation sites is 1. The molecule has 3 aromatic rings. The SMILES string of the molecule is CCCCOc1cccc(C(=O)Nc2cccc(NC(=O)COc3ccccc3)c2)c1. The number of anilines is 2. The second kappa shape index (κ2) is 11.4. The van der Waals surface area contributed by atoms with Crippen LogP contribution in [0.2, 0.25) is 0 Å². The van der Waals surface area contributed by atoms with Crippen LogP contribution in [-0.4, -0.2) is 25.0 Å². The van der Waals surface area contributed by atoms with Gasteiger partial charge in [-0.25, -0.2) is 0 Å². The molecule has 3 aromatic carbocycles. The molecule has 3 rings (SSSR count). The van der Waals surface area contributed by atoms with Crippen LogP contribution in [0.15, 0.2) is 78.9 Å². The Hall–Kier alpha value is -3.80. The molecule has 160 valence electrons. The summed E-state index contributed by atoms with van der Waals surface area (Å²) in [7, 11) is 0. The number of rotatable bonds is 10. The second-order valence-corrected chi connectivity index (χ2v) is 6.91. The number of hydrogen-bond donors (Lipinski definition) is 2. The Bertz CT molecular complexity index is 1010. The number of carbonyl (C=O) groups excluding carboxylic acids is 2. The summed E-state index contributed by atoms with van der Waals surface area (Å²) in [5.74, 6) is 0.751. The standard InChI is InChI=1S/C25H26N2O4/c1-2-3-15-30-23-14-7-9-19(16-23)25(29)27-21-11-8-10-20(17-21)26-24(28)18-31-22-12-5-4-6-13-22/h4-14,16-17H,2-3,15,18H2,1H3,(H,26,28)(H,27,29). The van der Waals surface area contributed by atoms with Gasteiger partial charge in [-0.05, 0) is 55.0 Å². The van der Waals surface area contributed by atoms with Crippen LogP contribution in [0.5, 0.6) is 11.5 Å². The fourth-order valence-electron chi connectivity index (χ4n) is 2.80. The normalized spacial score (nSPS) is 10.2. The maximum absolute atomic E-state index is 12.6. The van der Waals surface area contributed by atoms with Crippen molar-refractivity contribution in [2.24, 2.45) is 0 Å². The average Bonchev–Trinajstić information content (AvgIpc) is 2.79. The first-order valence-electron chi connectivity index (χ1n) is 10.3. The summed E-state index contributed by atoms with van der Waals surface area (Å²) in [6.45, 7) is 2.61. The highest BCUT2D eigenvalue weighted by atomic mass is 16.5. The molecule has 0 radical (unpaired) electrons. The van der Waals surface area contributed by atoms with E-state index in [0.717, 1.165) is 12.8 Å². The van der Waals surface area contributed by atoms with Crippen molar-refractivity contribution in [2.75, 3.05) is 23.8 Å². The molecule has 0 heterocycles. The molecule has 0 aromatic heterocycles. The van der Waals surface area contributed by atoms with Crippen LogP contribution < -0.4 is 20.1 Å². The lowest BCUT2D eigenvalue weighted by Crippen LogP contribution is -2.20. The van der Waals surface area contributed by atoms with Crippen LogP contribution in [0.25, 0.3) is 0 Å². The Morgan fingerprint density at radius 3 is 2.26 bits per heavy atom. The predicted molar refractivity (Wildman–Crippen MR) is 122 cm³/mol. The molecular formula is C25H26N2O4. The first kappa shape index (κ1) is 21.9. The van der Waals surface area contributed by atoms with E-state index < -0.39 is 0 Å². The molecule has 0 unspecified atom stereocenters. The summed E-state index contributed by atoms with van der Waals surface area (Å²) in [5.41, 5.74) is 1.64. The van der Waals surface area contributed by atoms with Crippen LogP contribution in [0.3, 0.4) is 0 Å². The van der Waals surface area contributed by atoms with Crippen molar-refractivity contribution < 1.29 is 19.1 Å². The number of amides is 2. The van der Waals surface area contributed by atoms with Gasteiger partial charge in [-0.3, -0.25) is 9.59 Å². The van der Waals surface area contributed by atoms with Gasteiger partial charge in [0.1, 0.15) is 11.5 Å². The molecule has 31 heavy (non-hydrogen) atoms. The Balaban J connectivity index is 1.55. The van der Waals surface area contributed by atoms with E-state index >= 15 is 0 Å². The predicted octanol–water partition coefficient (Wildman–Crippen LogP) is 5.14. The first-order chi connectivity index (χ1) is 15.1. The number of nitrogens with one attached hydrogen (secondary N) is 2. The zero-order valence-electron chi connectivity index (χ0n) is 17.5. The molecule has 0 atom stereocenters. The summed E-state index contributed by atoms with van der Waals surface area (Å²) in [6, 6.07) is 23.2. The average molecular weight is 418 g/mol. The minimum Gasteiger partial charge on any atom is -0.494 e. The lowest BCUT2D eigenvalue weighted by molar-refractivity contribution is -0.118. The minimum atomic E-state index is -0.288. The van der Waals surface area contributed by atoms with Crippen molar-refractivity contribution in [1.82, 2.24) is 0 Å². The summed E-state index contributed by atoms with van der Waals surface area (Å²) in [5, 5.41) is 5.62. The van der Waals surface area contributed by atoms with Crippen molar-refractivity contribution in [1.29, 1.82) is 0 Å². The molecule has 0 saturated heterocycles. The van der Waals surface area contributed by atoms with Crippen molar-refractivity contribution in [2.45, 2.75) is 19.8 Å². The van der Waals surface area contributed by atoms with Gasteiger partial charge in [0, 0.05) is 16.9 Å². The van der Waals surface area contributed by atoms with Crippen molar-refractivity contribution in [3.63, 3.8) is 0 Å². The van der Waals surface area contributed by atoms with Gasteiger partial charge in [0.2, 0.25) is 0 Å². The highest BCUT2D eigenvalue weighted by Crippen LogP contribution is 2.19. The van der Waals surface area contributed by atoms with Crippen LogP contribution >= 0.6 is 0 Å². The molecular weight excluding hydrogens is 392 g/mol. The van der Waals surface area contributed by atoms with Crippen LogP contribution in [-0.2, 0) is 4.79 Å². The molecule has 6 nitrogen and oxygen atoms in total. The highest BCUT2D eigenvalue weighted by molar-refractivity contribution is 6.05. The quantitative estimate of drug-likeness (QED) is 0.447. The molecule has 0 aliphatic rings. The minimum absolute atomic E-state index is 0.106. The summed E-state index contributed by atoms with van der Waals surface area (Å²) in [6.07, 6.45) is 2.01. The molecule has 2 amide bonds. The number of benzene rings is 3. The largest absolute Gasteiger partial charge is 0.494 e. The van der Waals surface area contributed by atoms with E-state index in [4.69, 9.17) is 9.47 Å². The van der Waals surface area contributed by atoms with Gasteiger partial charge in [0.25, 0.3) is 11.8 Å². The van der Waals surface area contributed by atoms with Gasteiger partial charge in [0.15, 0.2) is 6.61 Å². The fraction of sp³-hybridized carbons (Fsp3) is 0.200. The summed E-state index contributed by atoms with van der Waals surface area (Å²) >= 11 is 0. The Labute approximate surface area is 182 Å². The monoisotopic (exact) mass is 418 g/mol. The second-order valence-electron chi connectivity index (χ2n) is 6.91. The molecule has 0 fully saturated rings. The van der Waals surface area contributed by atoms with Crippen molar-refractivity contribution >= 4 is 23.2 Å². The molecule has 0 bridgehead atoms. The lowest BCUT2D eigenvalue weighted by Gasteiger charge is -2.11. The third-order valence-electron chi connectivity index (χ3n) is 4.38. The number of hydrogen-bond acceptors (Lipinski definition) is 4. The number of unbranched alkanes of at least 4 members (excludes halogenated alkanes) is 1. The smallest absolute Gasteiger partial charge is 0.262 e. The third-order valence-corrected chi connectivity index (χ3v) is 4.38. The molecule has 0 spiro atoms. The van der Waals surface area contributed by atoms with Gasteiger partial charge in [-0.2, -0.15) is 0 Å². The van der Waals surface area contributed by atoms with Crippen molar-refractivity contribution in [3.05, 3.63) is 84.4 Å². The third kappa shape index (κ3) is 7.19. The molecule has 2 N–H and O–H groups in total. The van der Waals surface area contributed by atoms with E-state index in [1.165, 1.54) is 0 Å². The van der Waals surface area contributed by atoms with Gasteiger partial charge in [-0.1, -0.05) is 43.7 Å². The van der Waals surface area contributed by atoms with Gasteiger partial charge >= 0.3 is 0 Å². The molecule has 0 saturated carbocycles. The van der Waals surface area contributed by atoms with Crippen molar-refractivity contribution in [3.8, 4) is 11.5 Å². The Morgan fingerprint density at radius 2 is 1.48 bits per heavy atom. The van der Waals surface area contributed by atoms with Crippen LogP contribution in [0, 0.1) is 0 Å². The molecule has 0 aliphatic heterocycles. The van der Waals surface area contributed by atoms with Crippen LogP contribution in [0.4, 0.5) is 11.4 Å². The van der Waals surface area contributed by atoms with E-state index in [2.05, 4.69) is 17.6 Å². The fourth-order valence-corrected chi connectivity index (χ4v) is 2.80. The first-order valence-corrected chi connectivity index (χ1v) is 10.3. The molecule has 6 heteroatoms. The van der Waals surface area contributed by atoms with E-state index in [-0.39, 0.29) is 18.4 Å². The van der Waals surface area contributed by atoms with Gasteiger partial charge in [-0.15, -0.1) is 0 Å². The van der Waals surface area contributed by atoms with Gasteiger partial charge in [0.05, 0.1) is 6.61 Å². The highest BCUT2D eigenvalue weighted by Gasteiger charge is 2.09. The topological polar surface area (TPSA) is 76.7 Å². The number of carbonyl (C=O) groups is 2. The maximum Gasteiger partial charge on any atom is 0.262 e. The van der Waals surface area contributed by atoms with E-state index in [0.29, 0.717) is 35.0 Å². The van der Waals surface area contributed by atoms with Gasteiger partial charge < -0.3 is 20.1 Å². The Morgan fingerprint density at radius 1 is 0.774 bits per heavy atom. The zero-order valence-corrected chi connectivity index (χ0v) is 17.5. The summed E-state index contributed by atoms with van der Waals surface area (Å²) < 4.78 is 11.1. The number of ether oxygens (including phenoxy) is 2.